The average molecular weight is 269 g/mol. The van der Waals surface area contributed by atoms with E-state index in [-0.39, 0.29) is 5.54 Å². The van der Waals surface area contributed by atoms with E-state index in [1.165, 1.54) is 29.2 Å². The maximum Gasteiger partial charge on any atom is 0.177 e. The molecule has 1 saturated heterocycles. The number of aromatic nitrogens is 1. The summed E-state index contributed by atoms with van der Waals surface area (Å²) in [6.07, 6.45) is 7.18. The molecule has 0 aliphatic carbocycles. The van der Waals surface area contributed by atoms with Crippen molar-refractivity contribution in [2.45, 2.75) is 45.1 Å². The van der Waals surface area contributed by atoms with Crippen molar-refractivity contribution in [3.8, 4) is 0 Å². The van der Waals surface area contributed by atoms with Crippen molar-refractivity contribution in [3.05, 3.63) is 42.2 Å². The molecule has 0 saturated carbocycles. The summed E-state index contributed by atoms with van der Waals surface area (Å²) in [6.45, 7) is 9.10. The van der Waals surface area contributed by atoms with Crippen LogP contribution < -0.4 is 9.88 Å². The highest BCUT2D eigenvalue weighted by Gasteiger charge is 2.26. The van der Waals surface area contributed by atoms with Crippen LogP contribution in [0, 0.1) is 0 Å². The molecule has 1 aromatic heterocycles. The van der Waals surface area contributed by atoms with Gasteiger partial charge in [0.1, 0.15) is 0 Å². The molecule has 106 valence electrons. The lowest BCUT2D eigenvalue weighted by molar-refractivity contribution is -0.753. The minimum atomic E-state index is 0.131. The first-order valence-electron chi connectivity index (χ1n) is 7.71. The van der Waals surface area contributed by atoms with Crippen LogP contribution in [0.5, 0.6) is 0 Å². The smallest absolute Gasteiger partial charge is 0.177 e. The van der Waals surface area contributed by atoms with Crippen molar-refractivity contribution < 1.29 is 4.57 Å². The summed E-state index contributed by atoms with van der Waals surface area (Å²) < 4.78 is 2.38. The Morgan fingerprint density at radius 3 is 2.45 bits per heavy atom. The Bertz CT molecular complexity index is 604. The van der Waals surface area contributed by atoms with Gasteiger partial charge in [-0.15, -0.1) is 0 Å². The van der Waals surface area contributed by atoms with E-state index in [0.717, 1.165) is 13.1 Å². The van der Waals surface area contributed by atoms with Gasteiger partial charge in [-0.25, -0.2) is 0 Å². The number of hydrogen-bond donors (Lipinski definition) is 1. The molecule has 0 bridgehead atoms. The van der Waals surface area contributed by atoms with Crippen molar-refractivity contribution in [1.82, 2.24) is 5.32 Å². The van der Waals surface area contributed by atoms with Crippen LogP contribution in [0.1, 0.15) is 45.1 Å². The lowest BCUT2D eigenvalue weighted by atomic mass is 9.88. The van der Waals surface area contributed by atoms with E-state index in [1.54, 1.807) is 0 Å². The summed E-state index contributed by atoms with van der Waals surface area (Å²) in [5.41, 5.74) is 1.66. The van der Waals surface area contributed by atoms with Crippen LogP contribution >= 0.6 is 0 Å². The Labute approximate surface area is 121 Å². The molecule has 0 unspecified atom stereocenters. The third kappa shape index (κ3) is 2.57. The number of nitrogens with zero attached hydrogens (tertiary/aromatic N) is 1. The Morgan fingerprint density at radius 1 is 1.05 bits per heavy atom. The minimum Gasteiger partial charge on any atom is -0.317 e. The summed E-state index contributed by atoms with van der Waals surface area (Å²) in [4.78, 5) is 0. The van der Waals surface area contributed by atoms with Crippen molar-refractivity contribution in [1.29, 1.82) is 0 Å². The van der Waals surface area contributed by atoms with Crippen LogP contribution in [0.25, 0.3) is 10.8 Å². The fraction of sp³-hybridized carbons (Fsp3) is 0.500. The van der Waals surface area contributed by atoms with Gasteiger partial charge in [-0.3, -0.25) is 0 Å². The van der Waals surface area contributed by atoms with Crippen LogP contribution in [-0.4, -0.2) is 13.1 Å². The van der Waals surface area contributed by atoms with Gasteiger partial charge in [-0.1, -0.05) is 18.2 Å². The summed E-state index contributed by atoms with van der Waals surface area (Å²) in [7, 11) is 0. The van der Waals surface area contributed by atoms with Gasteiger partial charge in [0.2, 0.25) is 0 Å². The lowest BCUT2D eigenvalue weighted by Crippen LogP contribution is -2.50. The number of rotatable bonds is 1. The molecule has 1 aromatic carbocycles. The fourth-order valence-corrected chi connectivity index (χ4v) is 3.12. The zero-order chi connectivity index (χ0) is 14.2. The van der Waals surface area contributed by atoms with Gasteiger partial charge in [-0.05, 0) is 43.3 Å². The molecule has 1 N–H and O–H groups in total. The Morgan fingerprint density at radius 2 is 1.75 bits per heavy atom. The maximum absolute atomic E-state index is 3.47. The number of nitrogens with one attached hydrogen (secondary N) is 1. The summed E-state index contributed by atoms with van der Waals surface area (Å²) >= 11 is 0. The average Bonchev–Trinajstić information content (AvgIpc) is 2.46. The molecule has 2 heteroatoms. The van der Waals surface area contributed by atoms with Gasteiger partial charge in [0, 0.05) is 31.7 Å². The van der Waals surface area contributed by atoms with Crippen LogP contribution in [0.3, 0.4) is 0 Å². The third-order valence-corrected chi connectivity index (χ3v) is 4.38. The molecule has 0 atom stereocenters. The second-order valence-corrected chi connectivity index (χ2v) is 6.90. The van der Waals surface area contributed by atoms with Crippen molar-refractivity contribution in [2.75, 3.05) is 13.1 Å². The lowest BCUT2D eigenvalue weighted by Gasteiger charge is -2.24. The molecule has 1 aliphatic heterocycles. The first kappa shape index (κ1) is 13.6. The highest BCUT2D eigenvalue weighted by molar-refractivity contribution is 5.84. The molecular formula is C18H25N2+. The third-order valence-electron chi connectivity index (χ3n) is 4.38. The molecule has 1 aliphatic rings. The van der Waals surface area contributed by atoms with Gasteiger partial charge >= 0.3 is 0 Å². The monoisotopic (exact) mass is 269 g/mol. The predicted molar refractivity (Wildman–Crippen MR) is 84.0 cm³/mol. The van der Waals surface area contributed by atoms with E-state index in [0.29, 0.717) is 5.92 Å². The molecule has 1 fully saturated rings. The van der Waals surface area contributed by atoms with Gasteiger partial charge in [0.15, 0.2) is 17.9 Å². The van der Waals surface area contributed by atoms with Crippen molar-refractivity contribution >= 4 is 10.8 Å². The molecule has 2 heterocycles. The summed E-state index contributed by atoms with van der Waals surface area (Å²) in [5.74, 6) is 0.691. The van der Waals surface area contributed by atoms with Gasteiger partial charge in [-0.2, -0.15) is 4.57 Å². The quantitative estimate of drug-likeness (QED) is 0.785. The number of piperidine rings is 1. The van der Waals surface area contributed by atoms with Crippen LogP contribution in [0.15, 0.2) is 36.7 Å². The zero-order valence-electron chi connectivity index (χ0n) is 12.8. The van der Waals surface area contributed by atoms with E-state index in [2.05, 4.69) is 67.3 Å². The Kier molecular flexibility index (Phi) is 3.51. The minimum absolute atomic E-state index is 0.131. The highest BCUT2D eigenvalue weighted by Crippen LogP contribution is 2.30. The molecule has 2 nitrogen and oxygen atoms in total. The Hall–Kier alpha value is -1.41. The Balaban J connectivity index is 2.16. The van der Waals surface area contributed by atoms with Gasteiger partial charge in [0.25, 0.3) is 0 Å². The predicted octanol–water partition coefficient (Wildman–Crippen LogP) is 3.35. The first-order chi connectivity index (χ1) is 9.55. The molecular weight excluding hydrogens is 244 g/mol. The van der Waals surface area contributed by atoms with Crippen LogP contribution in [0.4, 0.5) is 0 Å². The standard InChI is InChI=1S/C18H25N2/c1-18(2,3)20-12-15-6-4-5-7-16(15)17(13-20)14-8-10-19-11-9-14/h4-7,12-14,19H,8-11H2,1-3H3/q+1. The zero-order valence-corrected chi connectivity index (χ0v) is 12.8. The largest absolute Gasteiger partial charge is 0.317 e. The van der Waals surface area contributed by atoms with Gasteiger partial charge in [0.05, 0.1) is 0 Å². The van der Waals surface area contributed by atoms with E-state index in [1.807, 2.05) is 0 Å². The maximum atomic E-state index is 3.47. The summed E-state index contributed by atoms with van der Waals surface area (Å²) in [5, 5.41) is 6.26. The first-order valence-corrected chi connectivity index (χ1v) is 7.71. The second-order valence-electron chi connectivity index (χ2n) is 6.90. The van der Waals surface area contributed by atoms with E-state index in [9.17, 15) is 0 Å². The van der Waals surface area contributed by atoms with E-state index >= 15 is 0 Å². The number of pyridine rings is 1. The molecule has 3 rings (SSSR count). The molecule has 0 amide bonds. The molecule has 20 heavy (non-hydrogen) atoms. The van der Waals surface area contributed by atoms with E-state index < -0.39 is 0 Å². The van der Waals surface area contributed by atoms with Crippen LogP contribution in [-0.2, 0) is 5.54 Å². The summed E-state index contributed by atoms with van der Waals surface area (Å²) in [6, 6.07) is 8.82. The topological polar surface area (TPSA) is 15.9 Å². The number of hydrogen-bond acceptors (Lipinski definition) is 1. The molecule has 0 radical (unpaired) electrons. The number of benzene rings is 1. The van der Waals surface area contributed by atoms with Crippen molar-refractivity contribution in [2.24, 2.45) is 0 Å². The van der Waals surface area contributed by atoms with E-state index in [4.69, 9.17) is 0 Å². The van der Waals surface area contributed by atoms with Crippen molar-refractivity contribution in [3.63, 3.8) is 0 Å². The molecule has 2 aromatic rings. The SMILES string of the molecule is CC(C)(C)[n+]1cc(C2CCNCC2)c2ccccc2c1. The normalized spacial score (nSPS) is 17.6. The number of fused-ring (bicyclic) bond motifs is 1. The second kappa shape index (κ2) is 5.17. The highest BCUT2D eigenvalue weighted by atomic mass is 15.0. The van der Waals surface area contributed by atoms with Gasteiger partial charge < -0.3 is 5.32 Å². The fourth-order valence-electron chi connectivity index (χ4n) is 3.12. The molecule has 0 spiro atoms. The van der Waals surface area contributed by atoms with Crippen LogP contribution in [0.2, 0.25) is 0 Å².